The quantitative estimate of drug-likeness (QED) is 0.00650. The second kappa shape index (κ2) is 56.4. The summed E-state index contributed by atoms with van der Waals surface area (Å²) in [6, 6.07) is 35.5. The number of halogens is 6. The first-order chi connectivity index (χ1) is 58.8. The van der Waals surface area contributed by atoms with Crippen molar-refractivity contribution in [1.82, 2.24) is 0 Å². The highest BCUT2D eigenvalue weighted by molar-refractivity contribution is 9.11. The van der Waals surface area contributed by atoms with Crippen molar-refractivity contribution >= 4 is 253 Å². The number of nitrogens with zero attached hydrogens (tertiary/aromatic N) is 4. The van der Waals surface area contributed by atoms with E-state index in [1.54, 1.807) is 121 Å². The Kier molecular flexibility index (Phi) is 50.6. The second-order valence-corrected chi connectivity index (χ2v) is 38.7. The first-order valence-corrected chi connectivity index (χ1v) is 51.4. The Hall–Kier alpha value is -6.93. The van der Waals surface area contributed by atoms with Gasteiger partial charge in [-0.25, -0.2) is 27.6 Å². The van der Waals surface area contributed by atoms with Crippen LogP contribution in [-0.4, -0.2) is 152 Å². The number of aldehydes is 1. The zero-order chi connectivity index (χ0) is 93.6. The van der Waals surface area contributed by atoms with Crippen molar-refractivity contribution in [2.75, 3.05) is 103 Å². The van der Waals surface area contributed by atoms with E-state index < -0.39 is 15.8 Å². The highest BCUT2D eigenvalue weighted by Crippen LogP contribution is 2.37. The van der Waals surface area contributed by atoms with Gasteiger partial charge in [-0.2, -0.15) is 5.26 Å². The number of anilines is 3. The topological polar surface area (TPSA) is 354 Å². The summed E-state index contributed by atoms with van der Waals surface area (Å²) in [6.07, 6.45) is 17.0. The van der Waals surface area contributed by atoms with E-state index in [1.165, 1.54) is 68.7 Å². The molecule has 0 aromatic heterocycles. The molecule has 124 heavy (non-hydrogen) atoms. The number of aliphatic hydroxyl groups excluding tert-OH is 1. The van der Waals surface area contributed by atoms with Gasteiger partial charge in [0.25, 0.3) is 0 Å². The molecule has 8 N–H and O–H groups in total. The lowest BCUT2D eigenvalue weighted by Crippen LogP contribution is -2.10. The number of nitrogens with two attached hydrogens (primary N) is 3. The Bertz CT molecular complexity index is 5460. The highest BCUT2D eigenvalue weighted by Gasteiger charge is 2.25. The van der Waals surface area contributed by atoms with E-state index in [0.29, 0.717) is 85.6 Å². The molecule has 2 aliphatic rings. The molecule has 0 saturated heterocycles. The molecule has 0 aliphatic carbocycles. The van der Waals surface area contributed by atoms with Crippen molar-refractivity contribution in [3.8, 4) is 5.40 Å². The molecule has 0 fully saturated rings. The van der Waals surface area contributed by atoms with Gasteiger partial charge in [-0.3, -0.25) is 4.79 Å². The molecular formula is C88H99Br6N7O15S8. The van der Waals surface area contributed by atoms with Crippen LogP contribution in [0.1, 0.15) is 137 Å². The molecule has 2 heterocycles. The summed E-state index contributed by atoms with van der Waals surface area (Å²) in [5, 5.41) is 39.2. The molecule has 0 atom stereocenters. The number of hydrogen-bond donors (Lipinski definition) is 5. The summed E-state index contributed by atoms with van der Waals surface area (Å²) in [6.45, 7) is 18.5. The third-order valence-corrected chi connectivity index (χ3v) is 30.1. The van der Waals surface area contributed by atoms with Crippen molar-refractivity contribution in [3.63, 3.8) is 0 Å². The third-order valence-electron chi connectivity index (χ3n) is 18.4. The number of benzene rings is 9. The minimum absolute atomic E-state index is 0.113. The van der Waals surface area contributed by atoms with Gasteiger partial charge in [0.05, 0.1) is 79.8 Å². The molecule has 666 valence electrons. The number of thiocyanates is 1. The summed E-state index contributed by atoms with van der Waals surface area (Å²) < 4.78 is 48.2. The van der Waals surface area contributed by atoms with Gasteiger partial charge in [0.2, 0.25) is 0 Å². The Morgan fingerprint density at radius 2 is 0.823 bits per heavy atom. The van der Waals surface area contributed by atoms with E-state index in [-0.39, 0.29) is 24.5 Å². The lowest BCUT2D eigenvalue weighted by atomic mass is 10.0. The molecule has 22 nitrogen and oxygen atoms in total. The number of sulfone groups is 1. The molecule has 0 saturated carbocycles. The molecule has 36 heteroatoms. The number of rotatable bonds is 17. The summed E-state index contributed by atoms with van der Waals surface area (Å²) in [4.78, 5) is 73.6. The highest BCUT2D eigenvalue weighted by atomic mass is 79.9. The van der Waals surface area contributed by atoms with Gasteiger partial charge in [-0.1, -0.05) is 117 Å². The first-order valence-electron chi connectivity index (χ1n) is 36.6. The van der Waals surface area contributed by atoms with E-state index in [4.69, 9.17) is 51.9 Å². The van der Waals surface area contributed by atoms with Gasteiger partial charge in [-0.15, -0.1) is 70.6 Å². The van der Waals surface area contributed by atoms with E-state index in [0.717, 1.165) is 137 Å². The van der Waals surface area contributed by atoms with Crippen LogP contribution in [-0.2, 0) is 45.1 Å². The smallest absolute Gasteiger partial charge is 0.339 e. The van der Waals surface area contributed by atoms with Gasteiger partial charge < -0.3 is 56.1 Å². The molecule has 0 spiro atoms. The van der Waals surface area contributed by atoms with Crippen LogP contribution in [0.4, 0.5) is 17.1 Å². The summed E-state index contributed by atoms with van der Waals surface area (Å²) in [5.41, 5.74) is 35.7. The minimum atomic E-state index is -3.27. The van der Waals surface area contributed by atoms with Crippen LogP contribution in [0.15, 0.2) is 197 Å². The maximum absolute atomic E-state index is 11.8. The predicted molar refractivity (Wildman–Crippen MR) is 536 cm³/mol. The Labute approximate surface area is 807 Å². The molecule has 9 aromatic carbocycles. The number of aliphatic hydroxyl groups is 1. The van der Waals surface area contributed by atoms with Crippen LogP contribution in [0, 0.1) is 73.0 Å². The van der Waals surface area contributed by atoms with Crippen LogP contribution >= 0.6 is 178 Å². The number of nitriles is 1. The fourth-order valence-electron chi connectivity index (χ4n) is 11.2. The number of methoxy groups -OCH3 is 4. The number of oxime groups is 3. The standard InChI is InChI=1S/C11H12BrNO3S.C11H12BrNOS.C10H11BrO2S.C10H10N2O2S.C10H13NO2S.C9H10BrNOS.C9H11BrOS.C9H9BrOS.C9H11NO2/c1-7-8(12)3-4-10(17(2,14)15)11(7)9-5-6-16-13-9;1-7-8(12)3-4-10(15-2)11(7)9-5-6-14-13-9;1-6-7(11)4-5-8(14-3)9(6)10(12)13-2;1-6-7(12)3-4-8(15-5-11)9(6)10(13)14-2;1-6-7(11)4-5-8(14-3)9(6)10(12)13-2;1-6-7(5-11-12)9(13-2)4-3-8(6)10;2*1-6-7(5-11)9(12-2)4-3-8(6)10;1-6-7(9(11)12-2)4-3-5-8(6)10/h3-4H,5-6H2,1-2H3;3-4H,5-6H2,1-2H3;4-5H,1-3H3;3-4H,12H2,1-2H3;4-5H,11H2,1-3H3;3-5,12H,1-2H3;3-4,11H,5H2,1-2H3;3-5H,1-2H3;3-5H,10H2,1-2H3/b;;;;;11-5+;;;. The van der Waals surface area contributed by atoms with E-state index in [1.807, 2.05) is 133 Å². The molecule has 0 radical (unpaired) electrons. The predicted octanol–water partition coefficient (Wildman–Crippen LogP) is 24.1. The van der Waals surface area contributed by atoms with Gasteiger partial charge >= 0.3 is 23.9 Å². The Morgan fingerprint density at radius 1 is 0.468 bits per heavy atom. The third kappa shape index (κ3) is 31.8. The van der Waals surface area contributed by atoms with Crippen molar-refractivity contribution < 1.29 is 71.3 Å². The molecule has 0 bridgehead atoms. The van der Waals surface area contributed by atoms with Crippen molar-refractivity contribution in [1.29, 1.82) is 5.26 Å². The van der Waals surface area contributed by atoms with Crippen molar-refractivity contribution in [2.45, 2.75) is 121 Å². The SMILES string of the molecule is COC(=O)c1c(SC#N)ccc(N)c1C.COC(=O)c1c(SC)ccc(Br)c1C.COC(=O)c1c(SC)ccc(N)c1C.COC(=O)c1cccc(N)c1C.CSc1ccc(Br)c(C)c1/C=N/O.CSc1ccc(Br)c(C)c1C1=NOCC1.CSc1ccc(Br)c(C)c1C=O.CSc1ccc(Br)c(C)c1CO.Cc1c(Br)ccc(S(C)(=O)=O)c1C1=NOCC1. The van der Waals surface area contributed by atoms with Gasteiger partial charge in [0, 0.05) is 120 Å². The number of carbonyl (C=O) groups is 5. The number of hydrogen-bond acceptors (Lipinski definition) is 29. The second-order valence-electron chi connectivity index (χ2n) is 25.7. The Balaban J connectivity index is 0.000000361. The molecule has 11 rings (SSSR count). The maximum Gasteiger partial charge on any atom is 0.339 e. The number of carbonyl (C=O) groups excluding carboxylic acids is 5. The molecular weight excluding hydrogens is 2130 g/mol. The summed E-state index contributed by atoms with van der Waals surface area (Å²) in [7, 11) is 2.15. The number of esters is 4. The summed E-state index contributed by atoms with van der Waals surface area (Å²) >= 11 is 31.2. The fraction of sp³-hybridized carbons (Fsp3) is 0.284. The van der Waals surface area contributed by atoms with E-state index in [2.05, 4.69) is 146 Å². The molecule has 9 aromatic rings. The Morgan fingerprint density at radius 3 is 1.23 bits per heavy atom. The van der Waals surface area contributed by atoms with Gasteiger partial charge in [0.1, 0.15) is 18.6 Å². The number of thioether (sulfide) groups is 7. The largest absolute Gasteiger partial charge is 0.465 e. The van der Waals surface area contributed by atoms with Gasteiger partial charge in [-0.05, 0) is 276 Å². The number of nitrogen functional groups attached to an aromatic ring is 3. The van der Waals surface area contributed by atoms with E-state index in [9.17, 15) is 32.4 Å². The lowest BCUT2D eigenvalue weighted by molar-refractivity contribution is 0.0587. The van der Waals surface area contributed by atoms with Crippen LogP contribution in [0.3, 0.4) is 0 Å². The van der Waals surface area contributed by atoms with Crippen LogP contribution in [0.5, 0.6) is 0 Å². The van der Waals surface area contributed by atoms with Crippen molar-refractivity contribution in [3.05, 3.63) is 242 Å². The molecule has 2 aliphatic heterocycles. The van der Waals surface area contributed by atoms with E-state index >= 15 is 0 Å². The minimum Gasteiger partial charge on any atom is -0.465 e. The van der Waals surface area contributed by atoms with Crippen LogP contribution in [0.2, 0.25) is 0 Å². The normalized spacial score (nSPS) is 11.4. The number of ether oxygens (including phenoxy) is 4. The molecule has 0 amide bonds. The average Bonchev–Trinajstić information content (AvgIpc) is 1.25. The molecule has 0 unspecified atom stereocenters. The zero-order valence-corrected chi connectivity index (χ0v) is 88.0. The fourth-order valence-corrected chi connectivity index (χ4v) is 18.7. The lowest BCUT2D eigenvalue weighted by Gasteiger charge is -2.11. The monoisotopic (exact) mass is 2220 g/mol. The average molecular weight is 2230 g/mol. The van der Waals surface area contributed by atoms with Gasteiger partial charge in [0.15, 0.2) is 16.1 Å². The van der Waals surface area contributed by atoms with Crippen LogP contribution < -0.4 is 17.2 Å². The first kappa shape index (κ1) is 111. The summed E-state index contributed by atoms with van der Waals surface area (Å²) in [5.74, 6) is -1.44. The van der Waals surface area contributed by atoms with Crippen molar-refractivity contribution in [2.24, 2.45) is 15.5 Å². The maximum atomic E-state index is 11.8. The van der Waals surface area contributed by atoms with Crippen LogP contribution in [0.25, 0.3) is 0 Å². The zero-order valence-electron chi connectivity index (χ0n) is 71.9.